The van der Waals surface area contributed by atoms with Gasteiger partial charge in [0, 0.05) is 12.1 Å². The molecule has 1 unspecified atom stereocenters. The lowest BCUT2D eigenvalue weighted by Gasteiger charge is -2.09. The summed E-state index contributed by atoms with van der Waals surface area (Å²) in [5, 5.41) is 5.96. The number of rotatable bonds is 5. The van der Waals surface area contributed by atoms with E-state index in [0.717, 1.165) is 0 Å². The molecular weight excluding hydrogens is 192 g/mol. The van der Waals surface area contributed by atoms with Crippen molar-refractivity contribution in [2.24, 2.45) is 0 Å². The van der Waals surface area contributed by atoms with Gasteiger partial charge in [-0.2, -0.15) is 0 Å². The quantitative estimate of drug-likeness (QED) is 0.617. The van der Waals surface area contributed by atoms with Gasteiger partial charge in [0.2, 0.25) is 10.0 Å². The van der Waals surface area contributed by atoms with Crippen molar-refractivity contribution < 1.29 is 13.2 Å². The number of ketones is 1. The van der Waals surface area contributed by atoms with E-state index in [1.807, 2.05) is 0 Å². The van der Waals surface area contributed by atoms with Crippen LogP contribution in [-0.2, 0) is 14.8 Å². The van der Waals surface area contributed by atoms with Crippen LogP contribution in [0.1, 0.15) is 20.3 Å². The van der Waals surface area contributed by atoms with Crippen LogP contribution < -0.4 is 4.72 Å². The van der Waals surface area contributed by atoms with Crippen LogP contribution in [0.4, 0.5) is 0 Å². The fourth-order valence-corrected chi connectivity index (χ4v) is 1.54. The molecule has 1 atom stereocenters. The molecule has 2 N–H and O–H groups in total. The molecule has 0 aliphatic rings. The minimum absolute atomic E-state index is 0.109. The van der Waals surface area contributed by atoms with Crippen LogP contribution in [0.3, 0.4) is 0 Å². The first-order valence-corrected chi connectivity index (χ1v) is 5.35. The third-order valence-corrected chi connectivity index (χ3v) is 3.41. The normalized spacial score (nSPS) is 13.8. The topological polar surface area (TPSA) is 87.1 Å². The van der Waals surface area contributed by atoms with Gasteiger partial charge in [-0.15, -0.1) is 0 Å². The fraction of sp³-hybridized carbons (Fsp3) is 0.714. The summed E-state index contributed by atoms with van der Waals surface area (Å²) in [6, 6.07) is 0. The van der Waals surface area contributed by atoms with E-state index in [1.165, 1.54) is 20.9 Å². The number of carbonyl (C=O) groups excluding carboxylic acids is 1. The van der Waals surface area contributed by atoms with Gasteiger partial charge in [-0.05, 0) is 20.9 Å². The van der Waals surface area contributed by atoms with E-state index in [9.17, 15) is 13.2 Å². The van der Waals surface area contributed by atoms with Crippen LogP contribution in [0.5, 0.6) is 0 Å². The zero-order valence-electron chi connectivity index (χ0n) is 7.92. The Balaban J connectivity index is 4.53. The molecule has 0 aromatic rings. The molecule has 6 heteroatoms. The Morgan fingerprint density at radius 2 is 2.00 bits per heavy atom. The van der Waals surface area contributed by atoms with Crippen LogP contribution in [0, 0.1) is 5.41 Å². The number of hydrogen-bond donors (Lipinski definition) is 2. The van der Waals surface area contributed by atoms with E-state index < -0.39 is 21.1 Å². The molecule has 76 valence electrons. The second-order valence-electron chi connectivity index (χ2n) is 2.81. The zero-order valence-corrected chi connectivity index (χ0v) is 8.73. The second-order valence-corrected chi connectivity index (χ2v) is 5.02. The molecule has 0 fully saturated rings. The molecule has 0 heterocycles. The highest BCUT2D eigenvalue weighted by molar-refractivity contribution is 7.90. The van der Waals surface area contributed by atoms with Crippen molar-refractivity contribution in [1.29, 1.82) is 5.41 Å². The molecule has 0 amide bonds. The number of Topliss-reactive ketones (excluding diaryl/α,β-unsaturated/α-hetero) is 1. The van der Waals surface area contributed by atoms with E-state index in [0.29, 0.717) is 0 Å². The molecule has 0 aliphatic heterocycles. The van der Waals surface area contributed by atoms with Crippen molar-refractivity contribution >= 4 is 21.5 Å². The Bertz CT molecular complexity index is 308. The third-order valence-electron chi connectivity index (χ3n) is 1.64. The Hall–Kier alpha value is -0.750. The van der Waals surface area contributed by atoms with Crippen molar-refractivity contribution in [3.63, 3.8) is 0 Å². The summed E-state index contributed by atoms with van der Waals surface area (Å²) in [6.07, 6.45) is -0.109. The first-order chi connectivity index (χ1) is 5.81. The van der Waals surface area contributed by atoms with Gasteiger partial charge in [0.05, 0.1) is 0 Å². The van der Waals surface area contributed by atoms with Crippen LogP contribution in [0.15, 0.2) is 0 Å². The lowest BCUT2D eigenvalue weighted by molar-refractivity contribution is -0.117. The summed E-state index contributed by atoms with van der Waals surface area (Å²) in [5.41, 5.74) is 0.170. The Kier molecular flexibility index (Phi) is 4.22. The molecule has 0 saturated carbocycles. The highest BCUT2D eigenvalue weighted by Crippen LogP contribution is 2.02. The molecule has 0 spiro atoms. The Morgan fingerprint density at radius 3 is 2.31 bits per heavy atom. The molecule has 13 heavy (non-hydrogen) atoms. The van der Waals surface area contributed by atoms with E-state index >= 15 is 0 Å². The molecular formula is C7H14N2O3S. The predicted octanol–water partition coefficient (Wildman–Crippen LogP) is -0.0770. The molecule has 0 saturated heterocycles. The van der Waals surface area contributed by atoms with Crippen molar-refractivity contribution in [2.45, 2.75) is 25.5 Å². The smallest absolute Gasteiger partial charge is 0.221 e. The van der Waals surface area contributed by atoms with Crippen LogP contribution in [0.25, 0.3) is 0 Å². The summed E-state index contributed by atoms with van der Waals surface area (Å²) < 4.78 is 24.3. The molecule has 0 bridgehead atoms. The number of nitrogens with one attached hydrogen (secondary N) is 2. The van der Waals surface area contributed by atoms with Gasteiger partial charge in [0.25, 0.3) is 0 Å². The molecule has 0 aromatic heterocycles. The van der Waals surface area contributed by atoms with Crippen molar-refractivity contribution in [2.75, 3.05) is 7.05 Å². The largest absolute Gasteiger partial charge is 0.310 e. The fourth-order valence-electron chi connectivity index (χ4n) is 0.755. The average Bonchev–Trinajstić information content (AvgIpc) is 2.01. The molecule has 0 radical (unpaired) electrons. The first-order valence-electron chi connectivity index (χ1n) is 3.80. The monoisotopic (exact) mass is 206 g/mol. The standard InChI is InChI=1S/C7H14N2O3S/c1-5(8)4-7(10)6(2)13(11,12)9-3/h6,8-9H,4H2,1-3H3. The third kappa shape index (κ3) is 3.65. The van der Waals surface area contributed by atoms with Gasteiger partial charge in [0.1, 0.15) is 5.25 Å². The lowest BCUT2D eigenvalue weighted by Crippen LogP contribution is -2.36. The van der Waals surface area contributed by atoms with Gasteiger partial charge >= 0.3 is 0 Å². The van der Waals surface area contributed by atoms with Crippen LogP contribution in [0.2, 0.25) is 0 Å². The maximum atomic E-state index is 11.2. The van der Waals surface area contributed by atoms with E-state index in [1.54, 1.807) is 0 Å². The van der Waals surface area contributed by atoms with E-state index in [-0.39, 0.29) is 12.1 Å². The number of carbonyl (C=O) groups is 1. The SMILES string of the molecule is CNS(=O)(=O)C(C)C(=O)CC(C)=N. The molecule has 0 aromatic carbocycles. The Labute approximate surface area is 78.1 Å². The maximum absolute atomic E-state index is 11.2. The van der Waals surface area contributed by atoms with Crippen molar-refractivity contribution in [1.82, 2.24) is 4.72 Å². The number of sulfonamides is 1. The Morgan fingerprint density at radius 1 is 1.54 bits per heavy atom. The van der Waals surface area contributed by atoms with Crippen LogP contribution in [-0.4, -0.2) is 32.2 Å². The van der Waals surface area contributed by atoms with Gasteiger partial charge in [-0.3, -0.25) is 4.79 Å². The molecule has 5 nitrogen and oxygen atoms in total. The summed E-state index contributed by atoms with van der Waals surface area (Å²) in [5.74, 6) is -0.457. The summed E-state index contributed by atoms with van der Waals surface area (Å²) in [4.78, 5) is 11.2. The van der Waals surface area contributed by atoms with Crippen molar-refractivity contribution in [3.8, 4) is 0 Å². The van der Waals surface area contributed by atoms with E-state index in [4.69, 9.17) is 5.41 Å². The maximum Gasteiger partial charge on any atom is 0.221 e. The molecule has 0 aliphatic carbocycles. The summed E-state index contributed by atoms with van der Waals surface area (Å²) in [6.45, 7) is 2.79. The molecule has 0 rings (SSSR count). The van der Waals surface area contributed by atoms with Gasteiger partial charge in [-0.1, -0.05) is 0 Å². The second kappa shape index (κ2) is 4.48. The predicted molar refractivity (Wildman–Crippen MR) is 50.5 cm³/mol. The first kappa shape index (κ1) is 12.2. The summed E-state index contributed by atoms with van der Waals surface area (Å²) >= 11 is 0. The number of hydrogen-bond acceptors (Lipinski definition) is 4. The van der Waals surface area contributed by atoms with Gasteiger partial charge < -0.3 is 5.41 Å². The van der Waals surface area contributed by atoms with Crippen molar-refractivity contribution in [3.05, 3.63) is 0 Å². The lowest BCUT2D eigenvalue weighted by atomic mass is 10.2. The van der Waals surface area contributed by atoms with Gasteiger partial charge in [0.15, 0.2) is 5.78 Å². The van der Waals surface area contributed by atoms with E-state index in [2.05, 4.69) is 4.72 Å². The minimum atomic E-state index is -3.54. The van der Waals surface area contributed by atoms with Crippen LogP contribution >= 0.6 is 0 Å². The minimum Gasteiger partial charge on any atom is -0.310 e. The average molecular weight is 206 g/mol. The highest BCUT2D eigenvalue weighted by atomic mass is 32.2. The van der Waals surface area contributed by atoms with Gasteiger partial charge in [-0.25, -0.2) is 13.1 Å². The zero-order chi connectivity index (χ0) is 10.6. The highest BCUT2D eigenvalue weighted by Gasteiger charge is 2.25. The summed E-state index contributed by atoms with van der Waals surface area (Å²) in [7, 11) is -2.28.